The summed E-state index contributed by atoms with van der Waals surface area (Å²) in [4.78, 5) is 24.5. The van der Waals surface area contributed by atoms with Crippen molar-refractivity contribution in [2.45, 2.75) is 0 Å². The minimum atomic E-state index is -0.730. The number of benzene rings is 2. The van der Waals surface area contributed by atoms with Gasteiger partial charge in [-0.05, 0) is 36.4 Å². The second kappa shape index (κ2) is 7.63. The highest BCUT2D eigenvalue weighted by Gasteiger charge is 2.24. The zero-order chi connectivity index (χ0) is 19.6. The Hall–Kier alpha value is -3.12. The summed E-state index contributed by atoms with van der Waals surface area (Å²) in [6, 6.07) is 10.4. The van der Waals surface area contributed by atoms with E-state index < -0.39 is 11.6 Å². The number of ether oxygens (including phenoxy) is 2. The van der Waals surface area contributed by atoms with E-state index in [0.717, 1.165) is 6.07 Å². The number of para-hydroxylation sites is 1. The third-order valence-corrected chi connectivity index (χ3v) is 4.28. The zero-order valence-corrected chi connectivity index (χ0v) is 15.3. The maximum Gasteiger partial charge on any atom is 0.199 e. The zero-order valence-electron chi connectivity index (χ0n) is 14.5. The lowest BCUT2D eigenvalue weighted by Crippen LogP contribution is -2.12. The van der Waals surface area contributed by atoms with Gasteiger partial charge < -0.3 is 14.0 Å². The van der Waals surface area contributed by atoms with Crippen molar-refractivity contribution in [2.75, 3.05) is 14.2 Å². The minimum Gasteiger partial charge on any atom is -0.493 e. The molecule has 0 fully saturated rings. The number of carbonyl (C=O) groups excluding carboxylic acids is 2. The van der Waals surface area contributed by atoms with E-state index in [0.29, 0.717) is 12.0 Å². The van der Waals surface area contributed by atoms with E-state index in [9.17, 15) is 14.0 Å². The average Bonchev–Trinajstić information content (AvgIpc) is 3.14. The fraction of sp³-hybridized carbons (Fsp3) is 0.100. The van der Waals surface area contributed by atoms with Crippen molar-refractivity contribution in [1.82, 2.24) is 4.57 Å². The van der Waals surface area contributed by atoms with Crippen molar-refractivity contribution >= 4 is 23.7 Å². The molecule has 0 radical (unpaired) electrons. The van der Waals surface area contributed by atoms with Crippen LogP contribution >= 0.6 is 11.6 Å². The molecule has 0 amide bonds. The third-order valence-electron chi connectivity index (χ3n) is 4.06. The summed E-state index contributed by atoms with van der Waals surface area (Å²) in [5, 5.41) is 0.0567. The number of nitrogens with zero attached hydrogens (tertiary/aromatic N) is 1. The quantitative estimate of drug-likeness (QED) is 0.466. The average molecular weight is 388 g/mol. The maximum atomic E-state index is 14.8. The predicted molar refractivity (Wildman–Crippen MR) is 99.1 cm³/mol. The highest BCUT2D eigenvalue weighted by Crippen LogP contribution is 2.34. The fourth-order valence-electron chi connectivity index (χ4n) is 2.89. The molecule has 5 nitrogen and oxygen atoms in total. The number of methoxy groups -OCH3 is 2. The molecular formula is C20H15ClFNO4. The first-order valence-electron chi connectivity index (χ1n) is 7.89. The van der Waals surface area contributed by atoms with Crippen LogP contribution in [0, 0.1) is 5.82 Å². The Morgan fingerprint density at radius 2 is 1.89 bits per heavy atom. The molecule has 27 heavy (non-hydrogen) atoms. The first-order chi connectivity index (χ1) is 13.0. The summed E-state index contributed by atoms with van der Waals surface area (Å²) < 4.78 is 26.6. The topological polar surface area (TPSA) is 57.5 Å². The molecule has 0 spiro atoms. The molecule has 0 N–H and O–H groups in total. The molecule has 0 aliphatic rings. The van der Waals surface area contributed by atoms with Gasteiger partial charge in [0.1, 0.15) is 5.82 Å². The van der Waals surface area contributed by atoms with Gasteiger partial charge in [-0.2, -0.15) is 0 Å². The van der Waals surface area contributed by atoms with Crippen LogP contribution in [-0.4, -0.2) is 30.9 Å². The van der Waals surface area contributed by atoms with Crippen LogP contribution in [0.3, 0.4) is 0 Å². The van der Waals surface area contributed by atoms with E-state index in [1.54, 1.807) is 24.3 Å². The van der Waals surface area contributed by atoms with Gasteiger partial charge in [-0.25, -0.2) is 4.39 Å². The summed E-state index contributed by atoms with van der Waals surface area (Å²) in [6.45, 7) is 0. The lowest BCUT2D eigenvalue weighted by Gasteiger charge is -2.16. The Balaban J connectivity index is 2.27. The molecule has 0 aliphatic carbocycles. The van der Waals surface area contributed by atoms with E-state index in [4.69, 9.17) is 21.1 Å². The monoisotopic (exact) mass is 387 g/mol. The molecule has 7 heteroatoms. The van der Waals surface area contributed by atoms with Gasteiger partial charge >= 0.3 is 0 Å². The number of ketones is 1. The number of hydrogen-bond acceptors (Lipinski definition) is 4. The number of halogens is 2. The SMILES string of the molecule is COc1cccc(C(=O)c2cc(Cl)cc(F)c2-n2cccc2C=O)c1OC. The number of aldehydes is 1. The molecule has 0 saturated carbocycles. The van der Waals surface area contributed by atoms with Crippen molar-refractivity contribution in [2.24, 2.45) is 0 Å². The van der Waals surface area contributed by atoms with E-state index in [-0.39, 0.29) is 33.3 Å². The van der Waals surface area contributed by atoms with Gasteiger partial charge in [0, 0.05) is 11.2 Å². The smallest absolute Gasteiger partial charge is 0.199 e. The van der Waals surface area contributed by atoms with Crippen LogP contribution in [0.2, 0.25) is 5.02 Å². The van der Waals surface area contributed by atoms with Crippen molar-refractivity contribution < 1.29 is 23.5 Å². The Morgan fingerprint density at radius 3 is 2.56 bits per heavy atom. The van der Waals surface area contributed by atoms with Crippen LogP contribution in [0.15, 0.2) is 48.7 Å². The lowest BCUT2D eigenvalue weighted by atomic mass is 9.99. The lowest BCUT2D eigenvalue weighted by molar-refractivity contribution is 0.103. The number of aromatic nitrogens is 1. The van der Waals surface area contributed by atoms with E-state index in [1.165, 1.54) is 37.1 Å². The molecule has 2 aromatic carbocycles. The maximum absolute atomic E-state index is 14.8. The van der Waals surface area contributed by atoms with Crippen molar-refractivity contribution in [3.63, 3.8) is 0 Å². The van der Waals surface area contributed by atoms with Gasteiger partial charge in [0.05, 0.1) is 36.7 Å². The Bertz CT molecular complexity index is 1030. The van der Waals surface area contributed by atoms with Crippen LogP contribution in [0.25, 0.3) is 5.69 Å². The first-order valence-corrected chi connectivity index (χ1v) is 8.27. The molecule has 3 rings (SSSR count). The summed E-state index contributed by atoms with van der Waals surface area (Å²) in [5.74, 6) is -0.666. The van der Waals surface area contributed by atoms with Crippen LogP contribution < -0.4 is 9.47 Å². The summed E-state index contributed by atoms with van der Waals surface area (Å²) >= 11 is 5.99. The molecular weight excluding hydrogens is 373 g/mol. The van der Waals surface area contributed by atoms with E-state index >= 15 is 0 Å². The Labute approximate surface area is 159 Å². The highest BCUT2D eigenvalue weighted by molar-refractivity contribution is 6.31. The third kappa shape index (κ3) is 3.31. The molecule has 0 unspecified atom stereocenters. The fourth-order valence-corrected chi connectivity index (χ4v) is 3.09. The Kier molecular flexibility index (Phi) is 5.28. The molecule has 0 bridgehead atoms. The van der Waals surface area contributed by atoms with Gasteiger partial charge in [0.15, 0.2) is 23.6 Å². The van der Waals surface area contributed by atoms with Crippen LogP contribution in [0.5, 0.6) is 11.5 Å². The van der Waals surface area contributed by atoms with Gasteiger partial charge in [-0.1, -0.05) is 17.7 Å². The Morgan fingerprint density at radius 1 is 1.11 bits per heavy atom. The summed E-state index contributed by atoms with van der Waals surface area (Å²) in [5.41, 5.74) is 0.301. The number of hydrogen-bond donors (Lipinski definition) is 0. The summed E-state index contributed by atoms with van der Waals surface area (Å²) in [6.07, 6.45) is 2.07. The van der Waals surface area contributed by atoms with Crippen LogP contribution in [0.1, 0.15) is 26.4 Å². The molecule has 1 heterocycles. The highest BCUT2D eigenvalue weighted by atomic mass is 35.5. The summed E-state index contributed by atoms with van der Waals surface area (Å²) in [7, 11) is 2.86. The second-order valence-electron chi connectivity index (χ2n) is 5.57. The molecule has 138 valence electrons. The molecule has 3 aromatic rings. The first kappa shape index (κ1) is 18.7. The largest absolute Gasteiger partial charge is 0.493 e. The van der Waals surface area contributed by atoms with Gasteiger partial charge in [-0.3, -0.25) is 9.59 Å². The number of rotatable bonds is 6. The van der Waals surface area contributed by atoms with Crippen LogP contribution in [-0.2, 0) is 0 Å². The number of carbonyl (C=O) groups is 2. The molecule has 0 atom stereocenters. The molecule has 0 aliphatic heterocycles. The van der Waals surface area contributed by atoms with E-state index in [2.05, 4.69) is 0 Å². The van der Waals surface area contributed by atoms with Crippen LogP contribution in [0.4, 0.5) is 4.39 Å². The van der Waals surface area contributed by atoms with E-state index in [1.807, 2.05) is 0 Å². The van der Waals surface area contributed by atoms with Gasteiger partial charge in [0.2, 0.25) is 0 Å². The second-order valence-corrected chi connectivity index (χ2v) is 6.01. The standard InChI is InChI=1S/C20H15ClFNO4/c1-26-17-7-3-6-14(20(17)27-2)19(25)15-9-12(21)10-16(22)18(15)23-8-4-5-13(23)11-24/h3-11H,1-2H3. The minimum absolute atomic E-state index is 0.00847. The normalized spacial score (nSPS) is 10.5. The molecule has 0 saturated heterocycles. The van der Waals surface area contributed by atoms with Crippen molar-refractivity contribution in [3.05, 3.63) is 76.3 Å². The van der Waals surface area contributed by atoms with Crippen molar-refractivity contribution in [1.29, 1.82) is 0 Å². The van der Waals surface area contributed by atoms with Gasteiger partial charge in [-0.15, -0.1) is 0 Å². The predicted octanol–water partition coefficient (Wildman–Crippen LogP) is 4.33. The van der Waals surface area contributed by atoms with Crippen molar-refractivity contribution in [3.8, 4) is 17.2 Å². The van der Waals surface area contributed by atoms with Gasteiger partial charge in [0.25, 0.3) is 0 Å². The molecule has 1 aromatic heterocycles.